The lowest BCUT2D eigenvalue weighted by Gasteiger charge is -2.43. The minimum Gasteiger partial charge on any atom is -0.462 e. The first-order valence-corrected chi connectivity index (χ1v) is 27.0. The van der Waals surface area contributed by atoms with Crippen LogP contribution in [0.4, 0.5) is 0 Å². The number of phosphoric acid groups is 2. The number of aliphatic hydroxyl groups is 4. The van der Waals surface area contributed by atoms with Gasteiger partial charge in [-0.25, -0.2) is 9.13 Å². The highest BCUT2D eigenvalue weighted by molar-refractivity contribution is 7.47. The molecule has 17 nitrogen and oxygen atoms in total. The highest BCUT2D eigenvalue weighted by Crippen LogP contribution is 2.49. The molecule has 0 amide bonds. The number of aliphatic hydroxyl groups excluding tert-OH is 4. The first-order valence-electron chi connectivity index (χ1n) is 24.0. The summed E-state index contributed by atoms with van der Waals surface area (Å²) in [6.07, 6.45) is 20.2. The van der Waals surface area contributed by atoms with Crippen LogP contribution >= 0.6 is 15.6 Å². The van der Waals surface area contributed by atoms with Crippen molar-refractivity contribution in [2.45, 2.75) is 236 Å². The molecule has 2 rings (SSSR count). The number of unbranched alkanes of at least 4 members (excludes halogenated alkanes) is 18. The Morgan fingerprint density at radius 3 is 1.61 bits per heavy atom. The second kappa shape index (κ2) is 33.8. The monoisotopic (exact) mass is 957 g/mol. The van der Waals surface area contributed by atoms with E-state index in [4.69, 9.17) is 23.3 Å². The molecule has 1 heterocycles. The second-order valence-electron chi connectivity index (χ2n) is 17.2. The van der Waals surface area contributed by atoms with Crippen LogP contribution in [-0.2, 0) is 46.5 Å². The molecule has 0 radical (unpaired) electrons. The molecule has 0 aromatic carbocycles. The summed E-state index contributed by atoms with van der Waals surface area (Å²) in [5.74, 6) is -1.23. The molecule has 2 aliphatic rings. The van der Waals surface area contributed by atoms with E-state index in [1.807, 2.05) is 0 Å². The number of carbonyl (C=O) groups is 2. The Labute approximate surface area is 381 Å². The summed E-state index contributed by atoms with van der Waals surface area (Å²) in [5, 5.41) is 41.2. The van der Waals surface area contributed by atoms with E-state index in [1.54, 1.807) is 0 Å². The molecule has 2 fully saturated rings. The highest BCUT2D eigenvalue weighted by atomic mass is 31.2. The molecule has 1 aliphatic heterocycles. The Morgan fingerprint density at radius 2 is 1.05 bits per heavy atom. The zero-order chi connectivity index (χ0) is 47.2. The normalized spacial score (nSPS) is 25.1. The van der Waals surface area contributed by atoms with Crippen molar-refractivity contribution in [3.63, 3.8) is 0 Å². The Bertz CT molecular complexity index is 1410. The third-order valence-electron chi connectivity index (χ3n) is 11.4. The van der Waals surface area contributed by atoms with E-state index in [2.05, 4.69) is 42.7 Å². The summed E-state index contributed by atoms with van der Waals surface area (Å²) >= 11 is 0. The molecule has 0 bridgehead atoms. The highest BCUT2D eigenvalue weighted by Gasteiger charge is 2.54. The number of hydrogen-bond donors (Lipinski definition) is 7. The number of rotatable bonds is 39. The van der Waals surface area contributed by atoms with Crippen LogP contribution in [0, 0.1) is 0 Å². The molecule has 1 aliphatic carbocycles. The van der Waals surface area contributed by atoms with Crippen LogP contribution in [0.1, 0.15) is 181 Å². The lowest BCUT2D eigenvalue weighted by atomic mass is 9.85. The summed E-state index contributed by atoms with van der Waals surface area (Å²) in [5.41, 5.74) is 0. The minimum atomic E-state index is -5.37. The van der Waals surface area contributed by atoms with E-state index in [0.717, 1.165) is 96.3 Å². The first-order chi connectivity index (χ1) is 30.6. The maximum Gasteiger partial charge on any atom is 0.472 e. The van der Waals surface area contributed by atoms with E-state index < -0.39 is 83.5 Å². The van der Waals surface area contributed by atoms with Gasteiger partial charge in [-0.05, 0) is 64.2 Å². The van der Waals surface area contributed by atoms with Gasteiger partial charge in [0.25, 0.3) is 0 Å². The summed E-state index contributed by atoms with van der Waals surface area (Å²) in [4.78, 5) is 54.3. The minimum absolute atomic E-state index is 0.0237. The molecule has 19 heteroatoms. The van der Waals surface area contributed by atoms with Crippen LogP contribution in [0.3, 0.4) is 0 Å². The van der Waals surface area contributed by atoms with Crippen molar-refractivity contribution >= 4 is 27.6 Å². The number of ether oxygens (including phenoxy) is 3. The number of hydrogen-bond acceptors (Lipinski definition) is 14. The second-order valence-corrected chi connectivity index (χ2v) is 19.8. The fourth-order valence-electron chi connectivity index (χ4n) is 7.56. The predicted molar refractivity (Wildman–Crippen MR) is 241 cm³/mol. The van der Waals surface area contributed by atoms with Crippen molar-refractivity contribution < 1.29 is 81.6 Å². The number of allylic oxidation sites excluding steroid dienone is 3. The average Bonchev–Trinajstić information content (AvgIpc) is 4.00. The molecule has 0 spiro atoms. The van der Waals surface area contributed by atoms with Gasteiger partial charge in [0.1, 0.15) is 43.2 Å². The fourth-order valence-corrected chi connectivity index (χ4v) is 9.10. The average molecular weight is 957 g/mol. The van der Waals surface area contributed by atoms with Crippen molar-refractivity contribution in [2.75, 3.05) is 13.2 Å². The zero-order valence-electron chi connectivity index (χ0n) is 38.4. The Balaban J connectivity index is 1.79. The molecule has 7 unspecified atom stereocenters. The molecule has 374 valence electrons. The standard InChI is InChI=1S/C45H82O17P2/c1-3-5-7-8-9-10-11-12-13-14-15-16-20-23-27-31-38(46)57-33-35(34-58-64(55,56)62-45-42(50)40(48)41(49)44(43(45)51)61-63(52,53)54)59-39(47)32-28-24-21-18-17-19-22-26-30-37-36(60-37)29-25-6-4-2/h10-11,22,26,35-37,40-45,48-51H,3-9,12-21,23-25,27-34H2,1-2H3,(H,55,56)(H2,52,53,54)/b11-10-,26-22-/t35-,36?,37?,40?,41?,42?,43?,44-,45+/m1/s1. The lowest BCUT2D eigenvalue weighted by molar-refractivity contribution is -0.216. The van der Waals surface area contributed by atoms with Gasteiger partial charge in [0, 0.05) is 12.8 Å². The van der Waals surface area contributed by atoms with E-state index in [9.17, 15) is 53.8 Å². The van der Waals surface area contributed by atoms with Crippen molar-refractivity contribution in [1.82, 2.24) is 0 Å². The number of phosphoric ester groups is 2. The molecule has 1 saturated heterocycles. The quantitative estimate of drug-likeness (QED) is 0.0101. The van der Waals surface area contributed by atoms with Crippen molar-refractivity contribution in [3.05, 3.63) is 24.3 Å². The number of esters is 2. The van der Waals surface area contributed by atoms with Crippen LogP contribution in [0.2, 0.25) is 0 Å². The van der Waals surface area contributed by atoms with Gasteiger partial charge in [-0.2, -0.15) is 0 Å². The Kier molecular flexibility index (Phi) is 31.0. The zero-order valence-corrected chi connectivity index (χ0v) is 40.2. The number of epoxide rings is 1. The smallest absolute Gasteiger partial charge is 0.462 e. The van der Waals surface area contributed by atoms with Crippen LogP contribution in [0.25, 0.3) is 0 Å². The fraction of sp³-hybridized carbons (Fsp3) is 0.867. The summed E-state index contributed by atoms with van der Waals surface area (Å²) < 4.78 is 55.1. The van der Waals surface area contributed by atoms with Crippen molar-refractivity contribution in [3.8, 4) is 0 Å². The van der Waals surface area contributed by atoms with E-state index in [1.165, 1.54) is 44.9 Å². The topological polar surface area (TPSA) is 269 Å². The van der Waals surface area contributed by atoms with Gasteiger partial charge in [-0.3, -0.25) is 23.2 Å². The van der Waals surface area contributed by atoms with E-state index >= 15 is 0 Å². The van der Waals surface area contributed by atoms with Gasteiger partial charge in [0.15, 0.2) is 6.10 Å². The molecule has 7 N–H and O–H groups in total. The van der Waals surface area contributed by atoms with Gasteiger partial charge in [0.2, 0.25) is 0 Å². The number of carbonyl (C=O) groups excluding carboxylic acids is 2. The van der Waals surface area contributed by atoms with Crippen LogP contribution in [0.5, 0.6) is 0 Å². The molecular formula is C45H82O17P2. The summed E-state index contributed by atoms with van der Waals surface area (Å²) in [7, 11) is -10.7. The van der Waals surface area contributed by atoms with E-state index in [0.29, 0.717) is 25.0 Å². The SMILES string of the molecule is CCCCCC/C=C\CCCCCCCCCC(=O)OC[C@H](COP(=O)(O)O[C@H]1C(O)C(O)C(O)[C@@H](OP(=O)(O)O)C1O)OC(=O)CCCCCCC/C=C\CC1OC1CCCCC. The molecule has 64 heavy (non-hydrogen) atoms. The van der Waals surface area contributed by atoms with Gasteiger partial charge in [0.05, 0.1) is 18.8 Å². The van der Waals surface area contributed by atoms with Crippen LogP contribution < -0.4 is 0 Å². The van der Waals surface area contributed by atoms with Gasteiger partial charge < -0.3 is 49.3 Å². The largest absolute Gasteiger partial charge is 0.472 e. The maximum absolute atomic E-state index is 13.0. The third-order valence-corrected chi connectivity index (χ3v) is 12.9. The van der Waals surface area contributed by atoms with Crippen LogP contribution in [-0.4, -0.2) is 115 Å². The van der Waals surface area contributed by atoms with Crippen molar-refractivity contribution in [2.24, 2.45) is 0 Å². The predicted octanol–water partition coefficient (Wildman–Crippen LogP) is 7.94. The molecular weight excluding hydrogens is 874 g/mol. The summed E-state index contributed by atoms with van der Waals surface area (Å²) in [6, 6.07) is 0. The van der Waals surface area contributed by atoms with Crippen molar-refractivity contribution in [1.29, 1.82) is 0 Å². The summed E-state index contributed by atoms with van der Waals surface area (Å²) in [6.45, 7) is 3.05. The van der Waals surface area contributed by atoms with Gasteiger partial charge >= 0.3 is 27.6 Å². The molecule has 1 saturated carbocycles. The Morgan fingerprint density at radius 1 is 0.562 bits per heavy atom. The molecule has 0 aromatic rings. The van der Waals surface area contributed by atoms with Crippen LogP contribution in [0.15, 0.2) is 24.3 Å². The first kappa shape index (κ1) is 58.6. The molecule has 0 aromatic heterocycles. The van der Waals surface area contributed by atoms with Gasteiger partial charge in [-0.1, -0.05) is 128 Å². The maximum atomic E-state index is 13.0. The molecule has 10 atom stereocenters. The Hall–Kier alpha value is -1.56. The third kappa shape index (κ3) is 27.3. The van der Waals surface area contributed by atoms with Gasteiger partial charge in [-0.15, -0.1) is 0 Å². The lowest BCUT2D eigenvalue weighted by Crippen LogP contribution is -2.64. The van der Waals surface area contributed by atoms with E-state index in [-0.39, 0.29) is 12.8 Å².